The third-order valence-corrected chi connectivity index (χ3v) is 5.34. The highest BCUT2D eigenvalue weighted by Crippen LogP contribution is 2.47. The van der Waals surface area contributed by atoms with E-state index >= 15 is 0 Å². The van der Waals surface area contributed by atoms with Crippen LogP contribution >= 0.6 is 0 Å². The number of allylic oxidation sites excluding steroid dienone is 1. The molecule has 2 heterocycles. The van der Waals surface area contributed by atoms with Gasteiger partial charge < -0.3 is 4.74 Å². The molecule has 2 aliphatic rings. The summed E-state index contributed by atoms with van der Waals surface area (Å²) in [6.07, 6.45) is 6.50. The van der Waals surface area contributed by atoms with Crippen LogP contribution in [-0.2, 0) is 9.53 Å². The number of esters is 1. The molecule has 0 radical (unpaired) electrons. The molecule has 3 nitrogen and oxygen atoms in total. The number of piperidine rings is 1. The zero-order valence-corrected chi connectivity index (χ0v) is 13.5. The lowest BCUT2D eigenvalue weighted by Gasteiger charge is -2.43. The van der Waals surface area contributed by atoms with Gasteiger partial charge in [0.15, 0.2) is 0 Å². The normalized spacial score (nSPS) is 30.7. The van der Waals surface area contributed by atoms with Crippen LogP contribution in [0.15, 0.2) is 42.5 Å². The summed E-state index contributed by atoms with van der Waals surface area (Å²) in [5.74, 6) is -0.0499. The van der Waals surface area contributed by atoms with Gasteiger partial charge in [-0.1, -0.05) is 42.5 Å². The fraction of sp³-hybridized carbons (Fsp3) is 0.526. The molecule has 2 saturated heterocycles. The molecular formula is C19H24FNO2. The molecule has 0 amide bonds. The molecule has 0 aliphatic carbocycles. The second kappa shape index (κ2) is 7.26. The minimum atomic E-state index is -0.434. The number of nitrogens with zero attached hydrogens (tertiary/aromatic N) is 1. The minimum Gasteiger partial charge on any atom is -0.469 e. The number of rotatable bonds is 5. The molecular weight excluding hydrogens is 293 g/mol. The quantitative estimate of drug-likeness (QED) is 0.616. The lowest BCUT2D eigenvalue weighted by molar-refractivity contribution is -0.150. The fourth-order valence-corrected chi connectivity index (χ4v) is 4.36. The van der Waals surface area contributed by atoms with E-state index in [0.717, 1.165) is 19.3 Å². The number of halogens is 1. The standard InChI is InChI=1S/C19H24FNO2/c1-23-19(22)18-16(14-7-3-2-4-8-14)13-15-9-10-17(18)21(15)12-6-5-11-20/h2-8,15-18H,9-13H2,1H3/b6-5+. The number of methoxy groups -OCH3 is 1. The summed E-state index contributed by atoms with van der Waals surface area (Å²) in [4.78, 5) is 14.9. The molecule has 0 aromatic heterocycles. The van der Waals surface area contributed by atoms with Gasteiger partial charge in [0.25, 0.3) is 0 Å². The first kappa shape index (κ1) is 16.2. The van der Waals surface area contributed by atoms with Crippen LogP contribution < -0.4 is 0 Å². The van der Waals surface area contributed by atoms with Crippen molar-refractivity contribution in [2.75, 3.05) is 20.3 Å². The minimum absolute atomic E-state index is 0.122. The van der Waals surface area contributed by atoms with Gasteiger partial charge in [-0.05, 0) is 24.8 Å². The summed E-state index contributed by atoms with van der Waals surface area (Å²) in [5, 5.41) is 0. The molecule has 4 atom stereocenters. The molecule has 0 saturated carbocycles. The van der Waals surface area contributed by atoms with Crippen molar-refractivity contribution in [3.63, 3.8) is 0 Å². The SMILES string of the molecule is COC(=O)C1C(c2ccccc2)CC2CCC1N2C/C=C/CF. The van der Waals surface area contributed by atoms with E-state index in [1.807, 2.05) is 24.3 Å². The van der Waals surface area contributed by atoms with Crippen molar-refractivity contribution < 1.29 is 13.9 Å². The molecule has 124 valence electrons. The van der Waals surface area contributed by atoms with Crippen LogP contribution in [0, 0.1) is 5.92 Å². The summed E-state index contributed by atoms with van der Waals surface area (Å²) in [6, 6.07) is 10.9. The number of hydrogen-bond donors (Lipinski definition) is 0. The van der Waals surface area contributed by atoms with Gasteiger partial charge in [0.2, 0.25) is 0 Å². The maximum Gasteiger partial charge on any atom is 0.310 e. The van der Waals surface area contributed by atoms with E-state index in [1.165, 1.54) is 12.7 Å². The number of benzene rings is 1. The van der Waals surface area contributed by atoms with Crippen molar-refractivity contribution in [2.45, 2.75) is 37.3 Å². The molecule has 3 rings (SSSR count). The van der Waals surface area contributed by atoms with Crippen molar-refractivity contribution in [1.29, 1.82) is 0 Å². The number of carbonyl (C=O) groups excluding carboxylic acids is 1. The Morgan fingerprint density at radius 1 is 1.30 bits per heavy atom. The van der Waals surface area contributed by atoms with Crippen molar-refractivity contribution in [2.24, 2.45) is 5.92 Å². The predicted molar refractivity (Wildman–Crippen MR) is 87.9 cm³/mol. The van der Waals surface area contributed by atoms with E-state index in [0.29, 0.717) is 12.6 Å². The number of alkyl halides is 1. The monoisotopic (exact) mass is 317 g/mol. The van der Waals surface area contributed by atoms with Crippen molar-refractivity contribution in [1.82, 2.24) is 4.90 Å². The number of hydrogen-bond acceptors (Lipinski definition) is 3. The van der Waals surface area contributed by atoms with Gasteiger partial charge in [-0.25, -0.2) is 4.39 Å². The summed E-state index contributed by atoms with van der Waals surface area (Å²) >= 11 is 0. The third kappa shape index (κ3) is 3.18. The predicted octanol–water partition coefficient (Wildman–Crippen LogP) is 3.32. The zero-order valence-electron chi connectivity index (χ0n) is 13.5. The highest BCUT2D eigenvalue weighted by atomic mass is 19.1. The number of carbonyl (C=O) groups is 1. The average Bonchev–Trinajstić information content (AvgIpc) is 2.87. The Balaban J connectivity index is 1.87. The number of fused-ring (bicyclic) bond motifs is 2. The summed E-state index contributed by atoms with van der Waals surface area (Å²) < 4.78 is 17.4. The van der Waals surface area contributed by atoms with Gasteiger partial charge in [-0.2, -0.15) is 0 Å². The van der Waals surface area contributed by atoms with Crippen LogP contribution in [0.3, 0.4) is 0 Å². The Morgan fingerprint density at radius 2 is 2.09 bits per heavy atom. The fourth-order valence-electron chi connectivity index (χ4n) is 4.36. The Hall–Kier alpha value is -1.68. The highest BCUT2D eigenvalue weighted by Gasteiger charge is 2.50. The van der Waals surface area contributed by atoms with Crippen molar-refractivity contribution >= 4 is 5.97 Å². The van der Waals surface area contributed by atoms with E-state index in [2.05, 4.69) is 17.0 Å². The molecule has 23 heavy (non-hydrogen) atoms. The average molecular weight is 317 g/mol. The van der Waals surface area contributed by atoms with E-state index in [1.54, 1.807) is 6.08 Å². The van der Waals surface area contributed by atoms with Crippen molar-refractivity contribution in [3.8, 4) is 0 Å². The van der Waals surface area contributed by atoms with Crippen LogP contribution in [0.25, 0.3) is 0 Å². The van der Waals surface area contributed by atoms with Gasteiger partial charge in [-0.15, -0.1) is 0 Å². The van der Waals surface area contributed by atoms with E-state index < -0.39 is 6.67 Å². The summed E-state index contributed by atoms with van der Waals surface area (Å²) in [6.45, 7) is 0.282. The second-order valence-electron chi connectivity index (χ2n) is 6.42. The van der Waals surface area contributed by atoms with Gasteiger partial charge in [0, 0.05) is 24.5 Å². The van der Waals surface area contributed by atoms with E-state index in [9.17, 15) is 9.18 Å². The van der Waals surface area contributed by atoms with Gasteiger partial charge >= 0.3 is 5.97 Å². The summed E-state index contributed by atoms with van der Waals surface area (Å²) in [5.41, 5.74) is 1.22. The number of ether oxygens (including phenoxy) is 1. The largest absolute Gasteiger partial charge is 0.469 e. The lowest BCUT2D eigenvalue weighted by Crippen LogP contribution is -2.50. The zero-order chi connectivity index (χ0) is 16.2. The second-order valence-corrected chi connectivity index (χ2v) is 6.42. The molecule has 4 heteroatoms. The topological polar surface area (TPSA) is 29.5 Å². The Labute approximate surface area is 137 Å². The van der Waals surface area contributed by atoms with Crippen LogP contribution in [0.1, 0.15) is 30.7 Å². The van der Waals surface area contributed by atoms with Gasteiger partial charge in [0.1, 0.15) is 6.67 Å². The Kier molecular flexibility index (Phi) is 5.11. The maximum atomic E-state index is 12.5. The summed E-state index contributed by atoms with van der Waals surface area (Å²) in [7, 11) is 1.47. The van der Waals surface area contributed by atoms with Crippen LogP contribution in [0.4, 0.5) is 4.39 Å². The Morgan fingerprint density at radius 3 is 2.78 bits per heavy atom. The molecule has 4 unspecified atom stereocenters. The van der Waals surface area contributed by atoms with Crippen LogP contribution in [0.5, 0.6) is 0 Å². The molecule has 2 fully saturated rings. The first-order chi connectivity index (χ1) is 11.3. The van der Waals surface area contributed by atoms with Crippen molar-refractivity contribution in [3.05, 3.63) is 48.0 Å². The molecule has 0 N–H and O–H groups in total. The van der Waals surface area contributed by atoms with Crippen LogP contribution in [0.2, 0.25) is 0 Å². The van der Waals surface area contributed by atoms with Gasteiger partial charge in [0.05, 0.1) is 13.0 Å². The first-order valence-electron chi connectivity index (χ1n) is 8.35. The van der Waals surface area contributed by atoms with Crippen LogP contribution in [-0.4, -0.2) is 43.3 Å². The third-order valence-electron chi connectivity index (χ3n) is 5.34. The smallest absolute Gasteiger partial charge is 0.310 e. The first-order valence-corrected chi connectivity index (χ1v) is 8.35. The molecule has 1 aromatic carbocycles. The molecule has 2 bridgehead atoms. The highest BCUT2D eigenvalue weighted by molar-refractivity contribution is 5.75. The Bertz CT molecular complexity index is 560. The molecule has 2 aliphatic heterocycles. The maximum absolute atomic E-state index is 12.5. The van der Waals surface area contributed by atoms with E-state index in [4.69, 9.17) is 4.74 Å². The van der Waals surface area contributed by atoms with E-state index in [-0.39, 0.29) is 23.8 Å². The lowest BCUT2D eigenvalue weighted by atomic mass is 9.76. The van der Waals surface area contributed by atoms with Gasteiger partial charge in [-0.3, -0.25) is 9.69 Å². The molecule has 1 aromatic rings. The molecule has 0 spiro atoms.